The molecule has 1 rings (SSSR count). The van der Waals surface area contributed by atoms with E-state index in [9.17, 15) is 39.1 Å². The van der Waals surface area contributed by atoms with E-state index < -0.39 is 53.0 Å². The molecule has 2 unspecified atom stereocenters. The zero-order valence-electron chi connectivity index (χ0n) is 12.6. The number of ether oxygens (including phenoxy) is 1. The summed E-state index contributed by atoms with van der Waals surface area (Å²) in [5, 5.41) is 28.6. The van der Waals surface area contributed by atoms with Gasteiger partial charge in [-0.1, -0.05) is 0 Å². The molecule has 0 spiro atoms. The van der Waals surface area contributed by atoms with E-state index in [1.807, 2.05) is 0 Å². The van der Waals surface area contributed by atoms with Gasteiger partial charge >= 0.3 is 88.7 Å². The van der Waals surface area contributed by atoms with Gasteiger partial charge in [-0.25, -0.2) is 0 Å². The summed E-state index contributed by atoms with van der Waals surface area (Å²) in [6.45, 7) is -2.29. The molecule has 1 aliphatic rings. The van der Waals surface area contributed by atoms with Crippen LogP contribution in [0, 0.1) is 0 Å². The van der Waals surface area contributed by atoms with E-state index in [2.05, 4.69) is 13.8 Å². The Hall–Kier alpha value is 3.06. The zero-order chi connectivity index (χ0) is 15.8. The topological polar surface area (TPSA) is 212 Å². The smallest absolute Gasteiger partial charge is 0.790 e. The van der Waals surface area contributed by atoms with Crippen molar-refractivity contribution in [3.63, 3.8) is 0 Å². The fraction of sp³-hybridized carbons (Fsp3) is 1.00. The van der Waals surface area contributed by atoms with Crippen LogP contribution in [0.3, 0.4) is 0 Å². The summed E-state index contributed by atoms with van der Waals surface area (Å²) in [7, 11) is -10.6. The first-order chi connectivity index (χ1) is 8.84. The van der Waals surface area contributed by atoms with Crippen molar-refractivity contribution in [3.05, 3.63) is 0 Å². The third-order valence-corrected chi connectivity index (χ3v) is 3.27. The molecule has 17 heteroatoms. The van der Waals surface area contributed by atoms with E-state index in [0.717, 1.165) is 0 Å². The Morgan fingerprint density at radius 2 is 1.57 bits per heavy atom. The second kappa shape index (κ2) is 11.8. The van der Waals surface area contributed by atoms with Crippen molar-refractivity contribution >= 4 is 15.6 Å². The van der Waals surface area contributed by atoms with Crippen LogP contribution in [0.25, 0.3) is 0 Å². The maximum Gasteiger partial charge on any atom is 1.00 e. The monoisotopic (exact) mass is 406 g/mol. The van der Waals surface area contributed by atoms with Gasteiger partial charge in [-0.05, 0) is 0 Å². The third-order valence-electron chi connectivity index (χ3n) is 2.35. The summed E-state index contributed by atoms with van der Waals surface area (Å²) in [6, 6.07) is 0. The van der Waals surface area contributed by atoms with Gasteiger partial charge in [0.15, 0.2) is 0 Å². The average molecular weight is 406 g/mol. The number of phosphoric acid groups is 2. The van der Waals surface area contributed by atoms with Gasteiger partial charge in [0.05, 0.1) is 14.4 Å². The van der Waals surface area contributed by atoms with Crippen molar-refractivity contribution in [1.29, 1.82) is 0 Å². The van der Waals surface area contributed by atoms with E-state index in [0.29, 0.717) is 0 Å². The number of hydrogen-bond donors (Lipinski definition) is 4. The van der Waals surface area contributed by atoms with Gasteiger partial charge in [0.2, 0.25) is 5.79 Å². The van der Waals surface area contributed by atoms with Crippen LogP contribution in [0.2, 0.25) is 0 Å². The molecule has 0 amide bonds. The maximum atomic E-state index is 10.4. The van der Waals surface area contributed by atoms with Crippen LogP contribution < -0.4 is 103 Å². The summed E-state index contributed by atoms with van der Waals surface area (Å²) in [6.07, 6.45) is -5.63. The van der Waals surface area contributed by atoms with E-state index in [4.69, 9.17) is 4.89 Å². The Labute approximate surface area is 197 Å². The maximum absolute atomic E-state index is 10.4. The Morgan fingerprint density at radius 3 is 1.96 bits per heavy atom. The average Bonchev–Trinajstić information content (AvgIpc) is 2.48. The Bertz CT molecular complexity index is 441. The molecule has 4 N–H and O–H groups in total. The van der Waals surface area contributed by atoms with Gasteiger partial charge in [0.1, 0.15) is 24.9 Å². The summed E-state index contributed by atoms with van der Waals surface area (Å²) < 4.78 is 32.8. The molecule has 5 atom stereocenters. The molecule has 1 aliphatic heterocycles. The molecule has 0 aromatic carbocycles. The summed E-state index contributed by atoms with van der Waals surface area (Å²) in [5.74, 6) is -2.74. The summed E-state index contributed by atoms with van der Waals surface area (Å²) >= 11 is 0. The van der Waals surface area contributed by atoms with Crippen molar-refractivity contribution in [3.8, 4) is 0 Å². The van der Waals surface area contributed by atoms with Crippen molar-refractivity contribution in [2.75, 3.05) is 13.2 Å². The third kappa shape index (κ3) is 10.8. The number of aliphatic hydroxyl groups excluding tert-OH is 2. The van der Waals surface area contributed by atoms with Crippen LogP contribution in [0.15, 0.2) is 0 Å². The predicted molar refractivity (Wildman–Crippen MR) is 51.2 cm³/mol. The molecule has 0 saturated carbocycles. The van der Waals surface area contributed by atoms with Crippen LogP contribution in [0.4, 0.5) is 0 Å². The molecule has 0 radical (unpaired) electrons. The standard InChI is InChI=1S/C6H14O12P2.3Na/c7-4-3(1-16-19(10,11)12)18-6(9,5(4)8)2-17-20(13,14)15;;;/h3-5,7-9H,1-2H2,(H2,10,11,12)(H2,13,14,15);;;/q;3*+1/p-3/t3-,4-,5+,6?;;;/m1.../s1. The minimum absolute atomic E-state index is 0. The van der Waals surface area contributed by atoms with Crippen LogP contribution in [-0.4, -0.2) is 57.5 Å². The van der Waals surface area contributed by atoms with Gasteiger partial charge in [-0.15, -0.1) is 0 Å². The molecule has 1 heterocycles. The second-order valence-electron chi connectivity index (χ2n) is 3.92. The van der Waals surface area contributed by atoms with Gasteiger partial charge < -0.3 is 53.2 Å². The molecule has 1 fully saturated rings. The molecule has 1 saturated heterocycles. The number of hydrogen-bond acceptors (Lipinski definition) is 11. The van der Waals surface area contributed by atoms with Gasteiger partial charge in [-0.3, -0.25) is 4.57 Å². The van der Waals surface area contributed by atoms with Crippen molar-refractivity contribution in [2.45, 2.75) is 24.1 Å². The first-order valence-electron chi connectivity index (χ1n) is 4.95. The van der Waals surface area contributed by atoms with Gasteiger partial charge in [0.25, 0.3) is 7.82 Å². The molecule has 12 nitrogen and oxygen atoms in total. The largest absolute Gasteiger partial charge is 1.00 e. The van der Waals surface area contributed by atoms with E-state index in [1.54, 1.807) is 0 Å². The van der Waals surface area contributed by atoms with Gasteiger partial charge in [-0.2, -0.15) is 0 Å². The zero-order valence-corrected chi connectivity index (χ0v) is 20.4. The van der Waals surface area contributed by atoms with E-state index in [-0.39, 0.29) is 88.7 Å². The number of phosphoric ester groups is 2. The van der Waals surface area contributed by atoms with Gasteiger partial charge in [0, 0.05) is 0 Å². The van der Waals surface area contributed by atoms with Crippen LogP contribution >= 0.6 is 15.6 Å². The molecule has 120 valence electrons. The normalized spacial score (nSPS) is 32.9. The van der Waals surface area contributed by atoms with Crippen molar-refractivity contribution in [1.82, 2.24) is 0 Å². The number of aliphatic hydroxyl groups is 3. The molecule has 23 heavy (non-hydrogen) atoms. The fourth-order valence-corrected chi connectivity index (χ4v) is 2.14. The minimum Gasteiger partial charge on any atom is -0.790 e. The molecular weight excluding hydrogens is 395 g/mol. The van der Waals surface area contributed by atoms with E-state index >= 15 is 0 Å². The molecule has 0 aromatic heterocycles. The minimum atomic E-state index is -5.37. The summed E-state index contributed by atoms with van der Waals surface area (Å²) in [4.78, 5) is 39.2. The molecule has 0 aromatic rings. The van der Waals surface area contributed by atoms with Crippen molar-refractivity contribution in [2.24, 2.45) is 0 Å². The molecule has 0 bridgehead atoms. The van der Waals surface area contributed by atoms with Crippen LogP contribution in [0.5, 0.6) is 0 Å². The quantitative estimate of drug-likeness (QED) is 0.239. The Morgan fingerprint density at radius 1 is 1.09 bits per heavy atom. The summed E-state index contributed by atoms with van der Waals surface area (Å²) in [5.41, 5.74) is 0. The Kier molecular flexibility index (Phi) is 15.8. The van der Waals surface area contributed by atoms with E-state index in [1.165, 1.54) is 0 Å². The predicted octanol–water partition coefficient (Wildman–Crippen LogP) is -13.9. The first kappa shape index (κ1) is 30.8. The van der Waals surface area contributed by atoms with Crippen molar-refractivity contribution < 1.29 is 146 Å². The number of rotatable bonds is 6. The second-order valence-corrected chi connectivity index (χ2v) is 6.27. The fourth-order valence-electron chi connectivity index (χ4n) is 1.46. The van der Waals surface area contributed by atoms with Crippen LogP contribution in [0.1, 0.15) is 0 Å². The molecular formula is C6H11Na3O12P2. The first-order valence-corrected chi connectivity index (χ1v) is 7.91. The molecule has 0 aliphatic carbocycles. The van der Waals surface area contributed by atoms with Crippen LogP contribution in [-0.2, 0) is 22.9 Å². The Balaban J connectivity index is -0.00000133. The SMILES string of the molecule is O=P([O-])([O-])OC[C@H]1OC(O)(COP(=O)([O-])O)[C@@H](O)[C@@H]1O.[Na+].[Na+].[Na+].